The van der Waals surface area contributed by atoms with E-state index in [4.69, 9.17) is 9.47 Å². The van der Waals surface area contributed by atoms with E-state index in [-0.39, 0.29) is 11.9 Å². The van der Waals surface area contributed by atoms with Crippen molar-refractivity contribution in [3.63, 3.8) is 0 Å². The van der Waals surface area contributed by atoms with Crippen LogP contribution in [0, 0.1) is 20.8 Å². The van der Waals surface area contributed by atoms with Crippen molar-refractivity contribution in [3.8, 4) is 5.75 Å². The van der Waals surface area contributed by atoms with Gasteiger partial charge in [0.2, 0.25) is 5.78 Å². The highest BCUT2D eigenvalue weighted by molar-refractivity contribution is 6.09. The number of unbranched alkanes of at least 4 members (excludes halogenated alkanes) is 1. The maximum Gasteiger partial charge on any atom is 0.409 e. The number of nitrogens with zero attached hydrogens (tertiary/aromatic N) is 2. The van der Waals surface area contributed by atoms with Crippen LogP contribution in [0.2, 0.25) is 0 Å². The molecule has 0 aromatic heterocycles. The van der Waals surface area contributed by atoms with E-state index in [1.165, 1.54) is 0 Å². The Balaban J connectivity index is 1.80. The Morgan fingerprint density at radius 2 is 1.71 bits per heavy atom. The number of piperazine rings is 1. The highest BCUT2D eigenvalue weighted by atomic mass is 16.6. The molecule has 0 N–H and O–H groups in total. The molecule has 2 aliphatic heterocycles. The molecule has 0 saturated carbocycles. The standard InChI is InChI=1S/C22H32N2O4/c1-7-8-13-27-21(26)24-11-9-23(10-12-24)18-14(2)15(3)19-17(16(18)4)20(25)22(5,6)28-19/h7-13H2,1-6H3. The van der Waals surface area contributed by atoms with Gasteiger partial charge in [0.15, 0.2) is 5.60 Å². The highest BCUT2D eigenvalue weighted by Gasteiger charge is 2.43. The molecule has 2 aliphatic rings. The zero-order chi connectivity index (χ0) is 20.6. The van der Waals surface area contributed by atoms with Crippen molar-refractivity contribution < 1.29 is 19.1 Å². The number of anilines is 1. The van der Waals surface area contributed by atoms with Gasteiger partial charge in [0, 0.05) is 31.9 Å². The number of carbonyl (C=O) groups excluding carboxylic acids is 2. The molecule has 1 saturated heterocycles. The second kappa shape index (κ2) is 7.64. The Labute approximate surface area is 167 Å². The largest absolute Gasteiger partial charge is 0.479 e. The minimum atomic E-state index is -0.816. The summed E-state index contributed by atoms with van der Waals surface area (Å²) in [6.45, 7) is 15.0. The van der Waals surface area contributed by atoms with E-state index in [1.54, 1.807) is 4.90 Å². The lowest BCUT2D eigenvalue weighted by atomic mass is 9.91. The molecule has 2 heterocycles. The van der Waals surface area contributed by atoms with Gasteiger partial charge in [-0.1, -0.05) is 13.3 Å². The van der Waals surface area contributed by atoms with E-state index in [1.807, 2.05) is 27.7 Å². The monoisotopic (exact) mass is 388 g/mol. The van der Waals surface area contributed by atoms with E-state index < -0.39 is 5.60 Å². The lowest BCUT2D eigenvalue weighted by molar-refractivity contribution is 0.0683. The number of benzene rings is 1. The zero-order valence-corrected chi connectivity index (χ0v) is 18.0. The molecule has 28 heavy (non-hydrogen) atoms. The molecule has 0 radical (unpaired) electrons. The molecule has 6 heteroatoms. The number of hydrogen-bond acceptors (Lipinski definition) is 5. The summed E-state index contributed by atoms with van der Waals surface area (Å²) in [5.74, 6) is 0.773. The topological polar surface area (TPSA) is 59.1 Å². The molecule has 0 unspecified atom stereocenters. The minimum Gasteiger partial charge on any atom is -0.479 e. The maximum absolute atomic E-state index is 12.9. The zero-order valence-electron chi connectivity index (χ0n) is 18.0. The van der Waals surface area contributed by atoms with Crippen molar-refractivity contribution in [1.82, 2.24) is 4.90 Å². The van der Waals surface area contributed by atoms with Gasteiger partial charge in [-0.15, -0.1) is 0 Å². The fourth-order valence-electron chi connectivity index (χ4n) is 4.09. The average molecular weight is 389 g/mol. The van der Waals surface area contributed by atoms with E-state index in [0.29, 0.717) is 25.3 Å². The Kier molecular flexibility index (Phi) is 5.60. The van der Waals surface area contributed by atoms with Crippen LogP contribution in [-0.4, -0.2) is 55.2 Å². The van der Waals surface area contributed by atoms with Gasteiger partial charge < -0.3 is 19.3 Å². The van der Waals surface area contributed by atoms with Gasteiger partial charge in [0.05, 0.1) is 12.2 Å². The van der Waals surface area contributed by atoms with Crippen molar-refractivity contribution in [2.75, 3.05) is 37.7 Å². The highest BCUT2D eigenvalue weighted by Crippen LogP contribution is 2.45. The molecule has 0 atom stereocenters. The van der Waals surface area contributed by atoms with E-state index in [9.17, 15) is 9.59 Å². The average Bonchev–Trinajstić information content (AvgIpc) is 2.90. The third kappa shape index (κ3) is 3.45. The quantitative estimate of drug-likeness (QED) is 0.729. The molecule has 154 valence electrons. The number of fused-ring (bicyclic) bond motifs is 1. The number of carbonyl (C=O) groups is 2. The molecule has 3 rings (SSSR count). The van der Waals surface area contributed by atoms with Crippen LogP contribution in [0.25, 0.3) is 0 Å². The van der Waals surface area contributed by atoms with Crippen LogP contribution in [0.15, 0.2) is 0 Å². The smallest absolute Gasteiger partial charge is 0.409 e. The predicted molar refractivity (Wildman–Crippen MR) is 110 cm³/mol. The summed E-state index contributed by atoms with van der Waals surface area (Å²) in [7, 11) is 0. The number of amides is 1. The third-order valence-electron chi connectivity index (χ3n) is 5.92. The fourth-order valence-corrected chi connectivity index (χ4v) is 4.09. The summed E-state index contributed by atoms with van der Waals surface area (Å²) < 4.78 is 11.3. The first-order valence-electron chi connectivity index (χ1n) is 10.2. The number of hydrogen-bond donors (Lipinski definition) is 0. The Morgan fingerprint density at radius 3 is 2.32 bits per heavy atom. The van der Waals surface area contributed by atoms with Gasteiger partial charge in [-0.2, -0.15) is 0 Å². The van der Waals surface area contributed by atoms with Gasteiger partial charge in [0.25, 0.3) is 0 Å². The Morgan fingerprint density at radius 1 is 1.07 bits per heavy atom. The van der Waals surface area contributed by atoms with Crippen LogP contribution in [0.5, 0.6) is 5.75 Å². The fraction of sp³-hybridized carbons (Fsp3) is 0.636. The van der Waals surface area contributed by atoms with Crippen LogP contribution in [0.1, 0.15) is 60.7 Å². The first kappa shape index (κ1) is 20.5. The number of Topliss-reactive ketones (excluding diaryl/α,β-unsaturated/α-hetero) is 1. The van der Waals surface area contributed by atoms with Gasteiger partial charge in [-0.05, 0) is 57.7 Å². The molecule has 1 aromatic carbocycles. The third-order valence-corrected chi connectivity index (χ3v) is 5.92. The van der Waals surface area contributed by atoms with Crippen LogP contribution >= 0.6 is 0 Å². The first-order chi connectivity index (χ1) is 13.2. The maximum atomic E-state index is 12.9. The van der Waals surface area contributed by atoms with Crippen molar-refractivity contribution >= 4 is 17.6 Å². The molecule has 1 amide bonds. The summed E-state index contributed by atoms with van der Waals surface area (Å²) in [5.41, 5.74) is 4.14. The van der Waals surface area contributed by atoms with E-state index in [2.05, 4.69) is 18.7 Å². The van der Waals surface area contributed by atoms with Gasteiger partial charge in [-0.3, -0.25) is 4.79 Å². The first-order valence-corrected chi connectivity index (χ1v) is 10.2. The summed E-state index contributed by atoms with van der Waals surface area (Å²) in [4.78, 5) is 29.1. The summed E-state index contributed by atoms with van der Waals surface area (Å²) in [5, 5.41) is 0. The van der Waals surface area contributed by atoms with Crippen molar-refractivity contribution in [3.05, 3.63) is 22.3 Å². The normalized spacial score (nSPS) is 18.1. The van der Waals surface area contributed by atoms with Gasteiger partial charge in [-0.25, -0.2) is 4.79 Å². The van der Waals surface area contributed by atoms with Crippen molar-refractivity contribution in [2.45, 2.75) is 60.0 Å². The number of ketones is 1. The predicted octanol–water partition coefficient (Wildman–Crippen LogP) is 4.02. The molecular weight excluding hydrogens is 356 g/mol. The van der Waals surface area contributed by atoms with E-state index in [0.717, 1.165) is 54.1 Å². The number of ether oxygens (including phenoxy) is 2. The molecule has 1 aromatic rings. The van der Waals surface area contributed by atoms with Gasteiger partial charge in [0.1, 0.15) is 5.75 Å². The summed E-state index contributed by atoms with van der Waals surface area (Å²) >= 11 is 0. The molecule has 0 bridgehead atoms. The van der Waals surface area contributed by atoms with E-state index >= 15 is 0 Å². The van der Waals surface area contributed by atoms with Crippen molar-refractivity contribution in [2.24, 2.45) is 0 Å². The Bertz CT molecular complexity index is 792. The summed E-state index contributed by atoms with van der Waals surface area (Å²) in [6, 6.07) is 0. The lowest BCUT2D eigenvalue weighted by Crippen LogP contribution is -2.49. The lowest BCUT2D eigenvalue weighted by Gasteiger charge is -2.37. The van der Waals surface area contributed by atoms with Crippen molar-refractivity contribution in [1.29, 1.82) is 0 Å². The molecular formula is C22H32N2O4. The Hall–Kier alpha value is -2.24. The molecule has 1 fully saturated rings. The second-order valence-corrected chi connectivity index (χ2v) is 8.31. The summed E-state index contributed by atoms with van der Waals surface area (Å²) in [6.07, 6.45) is 1.68. The van der Waals surface area contributed by atoms with Crippen LogP contribution in [-0.2, 0) is 4.74 Å². The van der Waals surface area contributed by atoms with Gasteiger partial charge >= 0.3 is 6.09 Å². The van der Waals surface area contributed by atoms with Crippen LogP contribution in [0.4, 0.5) is 10.5 Å². The minimum absolute atomic E-state index is 0.0440. The number of rotatable bonds is 4. The SMILES string of the molecule is CCCCOC(=O)N1CCN(c2c(C)c(C)c3c(c2C)C(=O)C(C)(C)O3)CC1. The van der Waals surface area contributed by atoms with Crippen LogP contribution in [0.3, 0.4) is 0 Å². The second-order valence-electron chi connectivity index (χ2n) is 8.31. The van der Waals surface area contributed by atoms with Crippen LogP contribution < -0.4 is 9.64 Å². The molecule has 0 spiro atoms. The molecule has 6 nitrogen and oxygen atoms in total. The molecule has 0 aliphatic carbocycles.